The second-order valence-corrected chi connectivity index (χ2v) is 4.43. The number of nitrogen functional groups attached to an aromatic ring is 1. The second-order valence-electron chi connectivity index (χ2n) is 3.64. The number of nitrogens with two attached hydrogens (primary N) is 1. The molecule has 2 rings (SSSR count). The monoisotopic (exact) mass is 268 g/mol. The zero-order valence-corrected chi connectivity index (χ0v) is 10.4. The minimum absolute atomic E-state index is 0.129. The van der Waals surface area contributed by atoms with E-state index in [9.17, 15) is 4.79 Å². The first-order valence-electron chi connectivity index (χ1n) is 4.97. The van der Waals surface area contributed by atoms with Crippen LogP contribution < -0.4 is 11.3 Å². The van der Waals surface area contributed by atoms with E-state index in [-0.39, 0.29) is 5.56 Å². The van der Waals surface area contributed by atoms with Gasteiger partial charge in [-0.15, -0.1) is 0 Å². The molecule has 1 heterocycles. The first-order valence-corrected chi connectivity index (χ1v) is 5.72. The zero-order chi connectivity index (χ0) is 12.4. The Kier molecular flexibility index (Phi) is 3.41. The van der Waals surface area contributed by atoms with Crippen molar-refractivity contribution in [3.63, 3.8) is 0 Å². The van der Waals surface area contributed by atoms with Gasteiger partial charge >= 0.3 is 0 Å². The molecule has 0 aliphatic heterocycles. The molecule has 0 amide bonds. The molecule has 17 heavy (non-hydrogen) atoms. The Bertz CT molecular complexity index is 608. The molecule has 0 bridgehead atoms. The molecule has 0 saturated carbocycles. The van der Waals surface area contributed by atoms with E-state index in [4.69, 9.17) is 28.9 Å². The van der Waals surface area contributed by atoms with Crippen molar-refractivity contribution in [2.24, 2.45) is 0 Å². The van der Waals surface area contributed by atoms with Crippen molar-refractivity contribution < 1.29 is 0 Å². The highest BCUT2D eigenvalue weighted by Crippen LogP contribution is 2.25. The van der Waals surface area contributed by atoms with Gasteiger partial charge in [0, 0.05) is 18.0 Å². The Hall–Kier alpha value is -1.45. The predicted octanol–water partition coefficient (Wildman–Crippen LogP) is 2.79. The third kappa shape index (κ3) is 2.62. The van der Waals surface area contributed by atoms with Crippen LogP contribution in [0.4, 0.5) is 5.69 Å². The molecule has 0 aliphatic carbocycles. The number of halogens is 2. The number of benzene rings is 1. The van der Waals surface area contributed by atoms with Crippen LogP contribution in [0.2, 0.25) is 10.0 Å². The van der Waals surface area contributed by atoms with Crippen molar-refractivity contribution in [2.45, 2.75) is 6.54 Å². The number of aromatic nitrogens is 1. The van der Waals surface area contributed by atoms with Gasteiger partial charge in [-0.1, -0.05) is 35.3 Å². The Morgan fingerprint density at radius 2 is 1.94 bits per heavy atom. The molecule has 5 heteroatoms. The second kappa shape index (κ2) is 4.82. The first kappa shape index (κ1) is 12.0. The number of hydrogen-bond acceptors (Lipinski definition) is 2. The van der Waals surface area contributed by atoms with Gasteiger partial charge in [-0.05, 0) is 17.7 Å². The maximum atomic E-state index is 11.6. The summed E-state index contributed by atoms with van der Waals surface area (Å²) in [6.45, 7) is 0.350. The van der Waals surface area contributed by atoms with Gasteiger partial charge in [0.25, 0.3) is 5.56 Å². The minimum Gasteiger partial charge on any atom is -0.398 e. The summed E-state index contributed by atoms with van der Waals surface area (Å²) < 4.78 is 1.49. The van der Waals surface area contributed by atoms with Gasteiger partial charge in [0.05, 0.1) is 16.6 Å². The molecule has 88 valence electrons. The summed E-state index contributed by atoms with van der Waals surface area (Å²) in [7, 11) is 0. The summed E-state index contributed by atoms with van der Waals surface area (Å²) in [5.74, 6) is 0. The van der Waals surface area contributed by atoms with Crippen LogP contribution in [-0.4, -0.2) is 4.57 Å². The van der Waals surface area contributed by atoms with Gasteiger partial charge in [-0.25, -0.2) is 0 Å². The third-order valence-corrected chi connectivity index (χ3v) is 3.24. The summed E-state index contributed by atoms with van der Waals surface area (Å²) >= 11 is 12.0. The molecule has 0 radical (unpaired) electrons. The lowest BCUT2D eigenvalue weighted by Crippen LogP contribution is -2.19. The van der Waals surface area contributed by atoms with Crippen LogP contribution in [-0.2, 0) is 6.54 Å². The number of nitrogens with zero attached hydrogens (tertiary/aromatic N) is 1. The van der Waals surface area contributed by atoms with E-state index in [2.05, 4.69) is 0 Å². The fourth-order valence-corrected chi connectivity index (χ4v) is 1.91. The summed E-state index contributed by atoms with van der Waals surface area (Å²) in [5.41, 5.74) is 6.82. The highest BCUT2D eigenvalue weighted by atomic mass is 35.5. The Morgan fingerprint density at radius 1 is 1.18 bits per heavy atom. The zero-order valence-electron chi connectivity index (χ0n) is 8.86. The van der Waals surface area contributed by atoms with Gasteiger partial charge in [-0.2, -0.15) is 0 Å². The fraction of sp³-hybridized carbons (Fsp3) is 0.0833. The largest absolute Gasteiger partial charge is 0.398 e. The van der Waals surface area contributed by atoms with Crippen LogP contribution in [0.25, 0.3) is 0 Å². The van der Waals surface area contributed by atoms with Gasteiger partial charge in [0.2, 0.25) is 0 Å². The molecule has 0 fully saturated rings. The standard InChI is InChI=1S/C12H10Cl2N2O/c13-10-3-1-2-8(12(10)14)6-16-7-9(15)4-5-11(16)17/h1-5,7H,6,15H2. The van der Waals surface area contributed by atoms with Crippen molar-refractivity contribution in [2.75, 3.05) is 5.73 Å². The van der Waals surface area contributed by atoms with Crippen LogP contribution in [0.3, 0.4) is 0 Å². The Balaban J connectivity index is 2.41. The highest BCUT2D eigenvalue weighted by Gasteiger charge is 2.05. The minimum atomic E-state index is -0.129. The van der Waals surface area contributed by atoms with Crippen molar-refractivity contribution >= 4 is 28.9 Å². The average molecular weight is 269 g/mol. The molecule has 0 atom stereocenters. The van der Waals surface area contributed by atoms with Gasteiger partial charge in [-0.3, -0.25) is 4.79 Å². The topological polar surface area (TPSA) is 48.0 Å². The van der Waals surface area contributed by atoms with Crippen molar-refractivity contribution in [1.29, 1.82) is 0 Å². The van der Waals surface area contributed by atoms with E-state index in [1.54, 1.807) is 24.4 Å². The molecular weight excluding hydrogens is 259 g/mol. The van der Waals surface area contributed by atoms with E-state index in [1.165, 1.54) is 10.6 Å². The summed E-state index contributed by atoms with van der Waals surface area (Å²) in [5, 5.41) is 0.935. The molecule has 0 aliphatic rings. The third-order valence-electron chi connectivity index (χ3n) is 2.38. The van der Waals surface area contributed by atoms with Crippen LogP contribution in [0.15, 0.2) is 41.3 Å². The van der Waals surface area contributed by atoms with Crippen LogP contribution in [0, 0.1) is 0 Å². The van der Waals surface area contributed by atoms with E-state index in [1.807, 2.05) is 6.07 Å². The van der Waals surface area contributed by atoms with Crippen LogP contribution in [0.5, 0.6) is 0 Å². The van der Waals surface area contributed by atoms with Crippen molar-refractivity contribution in [1.82, 2.24) is 4.57 Å². The fourth-order valence-electron chi connectivity index (χ4n) is 1.53. The lowest BCUT2D eigenvalue weighted by atomic mass is 10.2. The summed E-state index contributed by atoms with van der Waals surface area (Å²) in [4.78, 5) is 11.6. The number of hydrogen-bond donors (Lipinski definition) is 1. The molecular formula is C12H10Cl2N2O. The van der Waals surface area contributed by atoms with E-state index < -0.39 is 0 Å². The lowest BCUT2D eigenvalue weighted by molar-refractivity contribution is 0.762. The number of rotatable bonds is 2. The maximum Gasteiger partial charge on any atom is 0.250 e. The van der Waals surface area contributed by atoms with E-state index in [0.717, 1.165) is 5.56 Å². The molecule has 1 aromatic carbocycles. The smallest absolute Gasteiger partial charge is 0.250 e. The normalized spacial score (nSPS) is 10.5. The van der Waals surface area contributed by atoms with E-state index >= 15 is 0 Å². The summed E-state index contributed by atoms with van der Waals surface area (Å²) in [6.07, 6.45) is 1.58. The molecule has 3 nitrogen and oxygen atoms in total. The Morgan fingerprint density at radius 3 is 2.71 bits per heavy atom. The average Bonchev–Trinajstić information content (AvgIpc) is 2.30. The number of pyridine rings is 1. The molecule has 2 N–H and O–H groups in total. The van der Waals surface area contributed by atoms with Crippen LogP contribution in [0.1, 0.15) is 5.56 Å². The van der Waals surface area contributed by atoms with Crippen molar-refractivity contribution in [3.05, 3.63) is 62.5 Å². The molecule has 2 aromatic rings. The predicted molar refractivity (Wildman–Crippen MR) is 70.7 cm³/mol. The van der Waals surface area contributed by atoms with E-state index in [0.29, 0.717) is 22.3 Å². The molecule has 0 unspecified atom stereocenters. The van der Waals surface area contributed by atoms with Gasteiger partial charge in [0.1, 0.15) is 0 Å². The van der Waals surface area contributed by atoms with Gasteiger partial charge in [0.15, 0.2) is 0 Å². The maximum absolute atomic E-state index is 11.6. The van der Waals surface area contributed by atoms with Crippen LogP contribution >= 0.6 is 23.2 Å². The molecule has 1 aromatic heterocycles. The highest BCUT2D eigenvalue weighted by molar-refractivity contribution is 6.42. The lowest BCUT2D eigenvalue weighted by Gasteiger charge is -2.08. The number of anilines is 1. The Labute approximate surface area is 108 Å². The first-order chi connectivity index (χ1) is 8.08. The summed E-state index contributed by atoms with van der Waals surface area (Å²) in [6, 6.07) is 8.31. The van der Waals surface area contributed by atoms with Gasteiger partial charge < -0.3 is 10.3 Å². The molecule has 0 spiro atoms. The quantitative estimate of drug-likeness (QED) is 0.911. The SMILES string of the molecule is Nc1ccc(=O)n(Cc2cccc(Cl)c2Cl)c1. The molecule has 0 saturated heterocycles. The van der Waals surface area contributed by atoms with Crippen molar-refractivity contribution in [3.8, 4) is 0 Å².